The van der Waals surface area contributed by atoms with Gasteiger partial charge in [0.15, 0.2) is 0 Å². The molecule has 32 heavy (non-hydrogen) atoms. The van der Waals surface area contributed by atoms with Crippen molar-refractivity contribution in [3.05, 3.63) is 47.4 Å². The Morgan fingerprint density at radius 2 is 1.94 bits per heavy atom. The third-order valence-corrected chi connectivity index (χ3v) is 8.03. The number of carbonyl (C=O) groups is 1. The summed E-state index contributed by atoms with van der Waals surface area (Å²) in [5.41, 5.74) is -0.219. The highest BCUT2D eigenvalue weighted by molar-refractivity contribution is 7.82. The van der Waals surface area contributed by atoms with Crippen molar-refractivity contribution in [2.24, 2.45) is 0 Å². The van der Waals surface area contributed by atoms with Crippen molar-refractivity contribution >= 4 is 22.6 Å². The maximum absolute atomic E-state index is 15.9. The van der Waals surface area contributed by atoms with Crippen molar-refractivity contribution in [2.45, 2.75) is 51.2 Å². The Bertz CT molecular complexity index is 1050. The monoisotopic (exact) mass is 460 g/mol. The summed E-state index contributed by atoms with van der Waals surface area (Å²) in [6.45, 7) is 6.65. The summed E-state index contributed by atoms with van der Waals surface area (Å²) in [6.07, 6.45) is 4.43. The summed E-state index contributed by atoms with van der Waals surface area (Å²) < 4.78 is 35.3. The minimum Gasteiger partial charge on any atom is -0.481 e. The molecule has 1 atom stereocenters. The number of piperidine rings is 1. The summed E-state index contributed by atoms with van der Waals surface area (Å²) in [5.74, 6) is 0.840. The smallest absolute Gasteiger partial charge is 0.261 e. The van der Waals surface area contributed by atoms with Crippen molar-refractivity contribution in [1.29, 1.82) is 0 Å². The molecule has 2 aliphatic heterocycles. The van der Waals surface area contributed by atoms with Crippen LogP contribution in [0.5, 0.6) is 5.88 Å². The Kier molecular flexibility index (Phi) is 6.06. The van der Waals surface area contributed by atoms with E-state index in [0.29, 0.717) is 47.2 Å². The number of anilines is 1. The molecular formula is C23H29FN4O3S. The van der Waals surface area contributed by atoms with Gasteiger partial charge in [0.05, 0.1) is 46.8 Å². The van der Waals surface area contributed by atoms with Crippen molar-refractivity contribution in [3.63, 3.8) is 0 Å². The lowest BCUT2D eigenvalue weighted by atomic mass is 9.87. The van der Waals surface area contributed by atoms with Gasteiger partial charge in [0.1, 0.15) is 5.67 Å². The number of carbonyl (C=O) groups excluding carboxylic acids is 1. The molecule has 0 saturated carbocycles. The molecule has 1 amide bonds. The van der Waals surface area contributed by atoms with E-state index in [1.807, 2.05) is 25.1 Å². The molecular weight excluding hydrogens is 431 g/mol. The Labute approximate surface area is 190 Å². The van der Waals surface area contributed by atoms with Crippen LogP contribution in [0.15, 0.2) is 30.6 Å². The fourth-order valence-corrected chi connectivity index (χ4v) is 5.74. The first kappa shape index (κ1) is 22.8. The van der Waals surface area contributed by atoms with Gasteiger partial charge in [-0.2, -0.15) is 0 Å². The Morgan fingerprint density at radius 3 is 2.59 bits per heavy atom. The molecule has 0 aliphatic carbocycles. The van der Waals surface area contributed by atoms with Crippen molar-refractivity contribution in [3.8, 4) is 5.88 Å². The largest absolute Gasteiger partial charge is 0.481 e. The first-order chi connectivity index (χ1) is 15.2. The van der Waals surface area contributed by atoms with E-state index in [1.54, 1.807) is 29.3 Å². The van der Waals surface area contributed by atoms with E-state index in [9.17, 15) is 9.00 Å². The van der Waals surface area contributed by atoms with Crippen LogP contribution < -0.4 is 9.64 Å². The van der Waals surface area contributed by atoms with Crippen molar-refractivity contribution in [1.82, 2.24) is 14.3 Å². The van der Waals surface area contributed by atoms with Gasteiger partial charge < -0.3 is 4.74 Å². The molecule has 7 nitrogen and oxygen atoms in total. The number of nitrogens with zero attached hydrogens (tertiary/aromatic N) is 4. The topological polar surface area (TPSA) is 75.6 Å². The number of hydrogen-bond acceptors (Lipinski definition) is 5. The maximum atomic E-state index is 15.9. The van der Waals surface area contributed by atoms with E-state index in [4.69, 9.17) is 4.74 Å². The van der Waals surface area contributed by atoms with E-state index in [0.717, 1.165) is 6.42 Å². The van der Waals surface area contributed by atoms with Crippen LogP contribution in [0, 0.1) is 0 Å². The molecule has 9 heteroatoms. The molecule has 172 valence electrons. The van der Waals surface area contributed by atoms with E-state index in [1.165, 1.54) is 13.3 Å². The molecule has 0 N–H and O–H groups in total. The van der Waals surface area contributed by atoms with Crippen LogP contribution in [0.2, 0.25) is 0 Å². The molecule has 2 aromatic rings. The number of pyridine rings is 2. The fourth-order valence-electron chi connectivity index (χ4n) is 4.55. The second-order valence-electron chi connectivity index (χ2n) is 8.80. The second kappa shape index (κ2) is 8.51. The highest BCUT2D eigenvalue weighted by Gasteiger charge is 2.46. The van der Waals surface area contributed by atoms with Crippen LogP contribution in [-0.4, -0.2) is 50.3 Å². The Morgan fingerprint density at radius 1 is 1.22 bits per heavy atom. The number of halogens is 1. The minimum atomic E-state index is -1.57. The molecule has 0 bridgehead atoms. The number of ether oxygens (including phenoxy) is 1. The highest BCUT2D eigenvalue weighted by atomic mass is 32.2. The zero-order valence-electron chi connectivity index (χ0n) is 18.9. The normalized spacial score (nSPS) is 20.8. The minimum absolute atomic E-state index is 0.197. The van der Waals surface area contributed by atoms with Gasteiger partial charge in [-0.15, -0.1) is 0 Å². The van der Waals surface area contributed by atoms with Gasteiger partial charge in [-0.3, -0.25) is 14.7 Å². The van der Waals surface area contributed by atoms with Crippen LogP contribution in [0.4, 0.5) is 10.1 Å². The van der Waals surface area contributed by atoms with Crippen LogP contribution in [-0.2, 0) is 22.2 Å². The van der Waals surface area contributed by atoms with E-state index in [-0.39, 0.29) is 18.7 Å². The number of aromatic nitrogens is 2. The number of alkyl halides is 1. The summed E-state index contributed by atoms with van der Waals surface area (Å²) in [5, 5.41) is 0. The van der Waals surface area contributed by atoms with Gasteiger partial charge in [-0.25, -0.2) is 17.9 Å². The van der Waals surface area contributed by atoms with E-state index >= 15 is 4.39 Å². The predicted molar refractivity (Wildman–Crippen MR) is 122 cm³/mol. The van der Waals surface area contributed by atoms with Gasteiger partial charge in [-0.1, -0.05) is 6.92 Å². The van der Waals surface area contributed by atoms with Gasteiger partial charge in [0.2, 0.25) is 5.88 Å². The fraction of sp³-hybridized carbons (Fsp3) is 0.522. The Balaban J connectivity index is 1.61. The molecule has 4 rings (SSSR count). The average Bonchev–Trinajstić information content (AvgIpc) is 2.99. The van der Waals surface area contributed by atoms with Gasteiger partial charge in [0.25, 0.3) is 5.91 Å². The van der Waals surface area contributed by atoms with Crippen LogP contribution in [0.3, 0.4) is 0 Å². The predicted octanol–water partition coefficient (Wildman–Crippen LogP) is 3.72. The lowest BCUT2D eigenvalue weighted by Crippen LogP contribution is -2.42. The number of methoxy groups -OCH3 is 1. The van der Waals surface area contributed by atoms with Crippen LogP contribution >= 0.6 is 0 Å². The maximum Gasteiger partial charge on any atom is 0.261 e. The summed E-state index contributed by atoms with van der Waals surface area (Å²) >= 11 is 0. The van der Waals surface area contributed by atoms with Crippen molar-refractivity contribution < 1.29 is 18.1 Å². The third-order valence-electron chi connectivity index (χ3n) is 6.33. The summed E-state index contributed by atoms with van der Waals surface area (Å²) in [6, 6.07) is 5.09. The summed E-state index contributed by atoms with van der Waals surface area (Å²) in [7, 11) is 0.473. The van der Waals surface area contributed by atoms with Crippen LogP contribution in [0.1, 0.15) is 61.6 Å². The van der Waals surface area contributed by atoms with E-state index < -0.39 is 22.2 Å². The van der Waals surface area contributed by atoms with Crippen LogP contribution in [0.25, 0.3) is 0 Å². The molecule has 2 aromatic heterocycles. The molecule has 2 aliphatic rings. The SMILES string of the molecule is CCCS(=O)N1CCC(F)(c2cncc(N3C(=O)c4ccc(OC)nc4C3(C)C)c2)CC1. The average molecular weight is 461 g/mol. The first-order valence-corrected chi connectivity index (χ1v) is 12.2. The van der Waals surface area contributed by atoms with E-state index in [2.05, 4.69) is 9.97 Å². The van der Waals surface area contributed by atoms with Crippen molar-refractivity contribution in [2.75, 3.05) is 30.9 Å². The summed E-state index contributed by atoms with van der Waals surface area (Å²) in [4.78, 5) is 23.6. The standard InChI is InChI=1S/C23H29FN4O3S/c1-5-12-32(30)27-10-8-23(24,9-11-27)16-13-17(15-25-14-16)28-21(29)18-6-7-19(31-4)26-20(18)22(28,2)3/h6-7,13-15H,5,8-12H2,1-4H3. The van der Waals surface area contributed by atoms with Gasteiger partial charge in [-0.05, 0) is 45.2 Å². The third kappa shape index (κ3) is 3.81. The van der Waals surface area contributed by atoms with Gasteiger partial charge >= 0.3 is 0 Å². The number of rotatable bonds is 6. The molecule has 4 heterocycles. The lowest BCUT2D eigenvalue weighted by Gasteiger charge is -2.36. The number of amides is 1. The second-order valence-corrected chi connectivity index (χ2v) is 10.4. The first-order valence-electron chi connectivity index (χ1n) is 10.9. The zero-order chi connectivity index (χ0) is 23.1. The molecule has 0 spiro atoms. The number of hydrogen-bond donors (Lipinski definition) is 0. The molecule has 0 aromatic carbocycles. The Hall–Kier alpha value is -2.39. The molecule has 1 unspecified atom stereocenters. The highest BCUT2D eigenvalue weighted by Crippen LogP contribution is 2.43. The number of fused-ring (bicyclic) bond motifs is 1. The lowest BCUT2D eigenvalue weighted by molar-refractivity contribution is 0.0881. The quantitative estimate of drug-likeness (QED) is 0.657. The molecule has 1 fully saturated rings. The molecule has 1 saturated heterocycles. The zero-order valence-corrected chi connectivity index (χ0v) is 19.7. The van der Waals surface area contributed by atoms with Gasteiger partial charge in [0, 0.05) is 36.7 Å². The molecule has 0 radical (unpaired) electrons.